The van der Waals surface area contributed by atoms with Crippen molar-refractivity contribution in [2.24, 2.45) is 4.99 Å². The summed E-state index contributed by atoms with van der Waals surface area (Å²) in [5.74, 6) is -0.749. The summed E-state index contributed by atoms with van der Waals surface area (Å²) in [7, 11) is 1.61. The van der Waals surface area contributed by atoms with Crippen LogP contribution in [0.3, 0.4) is 0 Å². The van der Waals surface area contributed by atoms with E-state index >= 15 is 0 Å². The van der Waals surface area contributed by atoms with Crippen LogP contribution in [-0.4, -0.2) is 34.1 Å². The molecule has 1 N–H and O–H groups in total. The first-order valence-electron chi connectivity index (χ1n) is 11.8. The number of amides is 1. The second kappa shape index (κ2) is 11.4. The molecule has 3 aromatic carbocycles. The Balaban J connectivity index is 1.41. The molecule has 1 fully saturated rings. The average Bonchev–Trinajstić information content (AvgIpc) is 3.13. The maximum absolute atomic E-state index is 14.2. The zero-order valence-corrected chi connectivity index (χ0v) is 21.6. The normalized spacial score (nSPS) is 15.7. The molecular formula is C29H27FN2O4S. The predicted octanol–water partition coefficient (Wildman–Crippen LogP) is 6.39. The summed E-state index contributed by atoms with van der Waals surface area (Å²) in [6, 6.07) is 20.0. The Labute approximate surface area is 219 Å². The Hall–Kier alpha value is -3.91. The first-order chi connectivity index (χ1) is 17.7. The topological polar surface area (TPSA) is 79.2 Å². The van der Waals surface area contributed by atoms with Gasteiger partial charge in [0.2, 0.25) is 0 Å². The van der Waals surface area contributed by atoms with Crippen LogP contribution in [0.1, 0.15) is 42.0 Å². The minimum Gasteiger partial charge on any atom is -0.489 e. The molecule has 0 aliphatic carbocycles. The predicted molar refractivity (Wildman–Crippen MR) is 144 cm³/mol. The molecule has 4 rings (SSSR count). The Morgan fingerprint density at radius 2 is 1.81 bits per heavy atom. The molecule has 8 heteroatoms. The average molecular weight is 519 g/mol. The number of aliphatic carboxylic acids is 1. The molecule has 0 saturated carbocycles. The lowest BCUT2D eigenvalue weighted by Crippen LogP contribution is -2.23. The number of ether oxygens (including phenoxy) is 1. The minimum absolute atomic E-state index is 0.0806. The number of carbonyl (C=O) groups excluding carboxylic acids is 1. The third-order valence-electron chi connectivity index (χ3n) is 5.84. The number of likely N-dealkylation sites (N-methyl/N-ethyl adjacent to an activating group) is 1. The molecule has 1 aliphatic rings. The van der Waals surface area contributed by atoms with Crippen LogP contribution < -0.4 is 4.74 Å². The number of rotatable bonds is 8. The molecule has 1 aliphatic heterocycles. The van der Waals surface area contributed by atoms with Crippen molar-refractivity contribution in [3.8, 4) is 5.75 Å². The summed E-state index contributed by atoms with van der Waals surface area (Å²) in [6.07, 6.45) is 1.37. The number of nitrogens with zero attached hydrogens (tertiary/aromatic N) is 2. The summed E-state index contributed by atoms with van der Waals surface area (Å²) >= 11 is 1.19. The van der Waals surface area contributed by atoms with E-state index in [1.165, 1.54) is 40.4 Å². The second-order valence-electron chi connectivity index (χ2n) is 8.97. The second-order valence-corrected chi connectivity index (χ2v) is 9.98. The fourth-order valence-corrected chi connectivity index (χ4v) is 4.64. The summed E-state index contributed by atoms with van der Waals surface area (Å²) in [4.78, 5) is 29.8. The van der Waals surface area contributed by atoms with Gasteiger partial charge in [0.1, 0.15) is 18.2 Å². The standard InChI is InChI=1S/C29H27FN2O4S/c1-18(2)21-8-4-20(5-9-21)17-36-24-12-6-19(7-13-24)14-26-28(35)32(3)29(37-26)31-23-11-10-22(15-27(33)34)25(30)16-23/h4-14,16,18H,15,17H2,1-3H3,(H,33,34)/b26-14-,31-29+. The lowest BCUT2D eigenvalue weighted by atomic mass is 10.0. The molecule has 37 heavy (non-hydrogen) atoms. The molecule has 0 radical (unpaired) electrons. The van der Waals surface area contributed by atoms with E-state index in [1.54, 1.807) is 13.1 Å². The highest BCUT2D eigenvalue weighted by molar-refractivity contribution is 8.18. The third kappa shape index (κ3) is 6.65. The molecule has 1 amide bonds. The molecule has 6 nitrogen and oxygen atoms in total. The minimum atomic E-state index is -1.11. The van der Waals surface area contributed by atoms with Gasteiger partial charge in [-0.15, -0.1) is 0 Å². The number of thioether (sulfide) groups is 1. The summed E-state index contributed by atoms with van der Waals surface area (Å²) in [6.45, 7) is 4.79. The molecule has 0 atom stereocenters. The van der Waals surface area contributed by atoms with Gasteiger partial charge in [-0.2, -0.15) is 0 Å². The zero-order chi connectivity index (χ0) is 26.5. The maximum Gasteiger partial charge on any atom is 0.307 e. The molecular weight excluding hydrogens is 491 g/mol. The summed E-state index contributed by atoms with van der Waals surface area (Å²) in [5, 5.41) is 9.27. The number of halogens is 1. The molecule has 1 heterocycles. The van der Waals surface area contributed by atoms with Crippen molar-refractivity contribution in [2.45, 2.75) is 32.8 Å². The number of carbonyl (C=O) groups is 2. The molecule has 0 bridgehead atoms. The SMILES string of the molecule is CC(C)c1ccc(COc2ccc(/C=C3\S/C(=N/c4ccc(CC(=O)O)c(F)c4)N(C)C3=O)cc2)cc1. The van der Waals surface area contributed by atoms with Crippen molar-refractivity contribution in [3.05, 3.63) is 99.7 Å². The van der Waals surface area contributed by atoms with Gasteiger partial charge in [0.05, 0.1) is 17.0 Å². The van der Waals surface area contributed by atoms with Crippen molar-refractivity contribution in [1.82, 2.24) is 4.90 Å². The van der Waals surface area contributed by atoms with E-state index in [9.17, 15) is 14.0 Å². The lowest BCUT2D eigenvalue weighted by Gasteiger charge is -2.09. The van der Waals surface area contributed by atoms with E-state index in [2.05, 4.69) is 43.1 Å². The van der Waals surface area contributed by atoms with Crippen molar-refractivity contribution >= 4 is 40.6 Å². The van der Waals surface area contributed by atoms with Gasteiger partial charge in [-0.25, -0.2) is 9.38 Å². The van der Waals surface area contributed by atoms with Crippen molar-refractivity contribution < 1.29 is 23.8 Å². The summed E-state index contributed by atoms with van der Waals surface area (Å²) in [5.41, 5.74) is 3.60. The Morgan fingerprint density at radius 1 is 1.11 bits per heavy atom. The van der Waals surface area contributed by atoms with Crippen LogP contribution in [-0.2, 0) is 22.6 Å². The number of amidine groups is 1. The molecule has 190 valence electrons. The number of aliphatic imine (C=N–C) groups is 1. The van der Waals surface area contributed by atoms with Crippen molar-refractivity contribution in [2.75, 3.05) is 7.05 Å². The smallest absolute Gasteiger partial charge is 0.307 e. The van der Waals surface area contributed by atoms with E-state index in [4.69, 9.17) is 9.84 Å². The molecule has 0 aromatic heterocycles. The van der Waals surface area contributed by atoms with E-state index in [1.807, 2.05) is 24.3 Å². The Kier molecular flexibility index (Phi) is 8.08. The van der Waals surface area contributed by atoms with Crippen LogP contribution in [0.15, 0.2) is 76.6 Å². The van der Waals surface area contributed by atoms with Gasteiger partial charge >= 0.3 is 5.97 Å². The third-order valence-corrected chi connectivity index (χ3v) is 6.90. The van der Waals surface area contributed by atoms with E-state index < -0.39 is 18.2 Å². The maximum atomic E-state index is 14.2. The van der Waals surface area contributed by atoms with Gasteiger partial charge < -0.3 is 9.84 Å². The number of hydrogen-bond acceptors (Lipinski definition) is 5. The quantitative estimate of drug-likeness (QED) is 0.350. The molecule has 0 unspecified atom stereocenters. The van der Waals surface area contributed by atoms with Crippen LogP contribution in [0, 0.1) is 5.82 Å². The Morgan fingerprint density at radius 3 is 2.43 bits per heavy atom. The van der Waals surface area contributed by atoms with Gasteiger partial charge in [0.15, 0.2) is 5.17 Å². The first kappa shape index (κ1) is 26.2. The van der Waals surface area contributed by atoms with Gasteiger partial charge in [0, 0.05) is 7.05 Å². The number of benzene rings is 3. The largest absolute Gasteiger partial charge is 0.489 e. The van der Waals surface area contributed by atoms with E-state index in [0.717, 1.165) is 16.9 Å². The van der Waals surface area contributed by atoms with Crippen molar-refractivity contribution in [3.63, 3.8) is 0 Å². The van der Waals surface area contributed by atoms with Crippen molar-refractivity contribution in [1.29, 1.82) is 0 Å². The van der Waals surface area contributed by atoms with Gasteiger partial charge in [-0.05, 0) is 70.3 Å². The van der Waals surface area contributed by atoms with Crippen LogP contribution in [0.4, 0.5) is 10.1 Å². The molecule has 1 saturated heterocycles. The fourth-order valence-electron chi connectivity index (χ4n) is 3.65. The fraction of sp³-hybridized carbons (Fsp3) is 0.207. The number of carboxylic acid groups (broad SMARTS) is 1. The van der Waals surface area contributed by atoms with Gasteiger partial charge in [-0.1, -0.05) is 56.3 Å². The van der Waals surface area contributed by atoms with Crippen LogP contribution >= 0.6 is 11.8 Å². The lowest BCUT2D eigenvalue weighted by molar-refractivity contribution is -0.136. The van der Waals surface area contributed by atoms with Crippen LogP contribution in [0.25, 0.3) is 6.08 Å². The van der Waals surface area contributed by atoms with E-state index in [-0.39, 0.29) is 11.5 Å². The Bertz CT molecular complexity index is 1370. The highest BCUT2D eigenvalue weighted by Crippen LogP contribution is 2.33. The molecule has 3 aromatic rings. The first-order valence-corrected chi connectivity index (χ1v) is 12.6. The number of carboxylic acids is 1. The highest BCUT2D eigenvalue weighted by Gasteiger charge is 2.30. The van der Waals surface area contributed by atoms with Gasteiger partial charge in [-0.3, -0.25) is 14.5 Å². The number of hydrogen-bond donors (Lipinski definition) is 1. The zero-order valence-electron chi connectivity index (χ0n) is 20.8. The van der Waals surface area contributed by atoms with E-state index in [0.29, 0.717) is 28.3 Å². The highest BCUT2D eigenvalue weighted by atomic mass is 32.2. The monoisotopic (exact) mass is 518 g/mol. The molecule has 0 spiro atoms. The van der Waals surface area contributed by atoms with Crippen LogP contribution in [0.5, 0.6) is 5.75 Å². The van der Waals surface area contributed by atoms with Crippen LogP contribution in [0.2, 0.25) is 0 Å². The van der Waals surface area contributed by atoms with Gasteiger partial charge in [0.25, 0.3) is 5.91 Å². The summed E-state index contributed by atoms with van der Waals surface area (Å²) < 4.78 is 20.1.